The standard InChI is InChI=1S/C22H26BrN3O4S/c23-17-5-4-8-19(15-17)25-22(28)21(27)24-14-13-16-9-11-20(12-10-16)31(29,30)26-18-6-2-1-3-7-18/h4-5,8-12,15,18,26H,1-3,6-7,13-14H2,(H,24,27)(H,25,28). The van der Waals surface area contributed by atoms with Crippen LogP contribution in [0, 0.1) is 0 Å². The minimum Gasteiger partial charge on any atom is -0.347 e. The molecule has 0 aromatic heterocycles. The summed E-state index contributed by atoms with van der Waals surface area (Å²) in [7, 11) is -3.53. The molecule has 1 saturated carbocycles. The van der Waals surface area contributed by atoms with Gasteiger partial charge in [-0.1, -0.05) is 53.4 Å². The van der Waals surface area contributed by atoms with E-state index in [0.29, 0.717) is 12.1 Å². The van der Waals surface area contributed by atoms with Crippen LogP contribution < -0.4 is 15.4 Å². The first-order chi connectivity index (χ1) is 14.8. The minimum absolute atomic E-state index is 0.0109. The van der Waals surface area contributed by atoms with E-state index < -0.39 is 21.8 Å². The van der Waals surface area contributed by atoms with E-state index in [0.717, 1.165) is 42.1 Å². The van der Waals surface area contributed by atoms with E-state index >= 15 is 0 Å². The topological polar surface area (TPSA) is 104 Å². The van der Waals surface area contributed by atoms with Crippen molar-refractivity contribution in [3.05, 3.63) is 58.6 Å². The van der Waals surface area contributed by atoms with Gasteiger partial charge in [0.1, 0.15) is 0 Å². The van der Waals surface area contributed by atoms with E-state index in [2.05, 4.69) is 31.3 Å². The van der Waals surface area contributed by atoms with E-state index in [1.807, 2.05) is 6.07 Å². The average Bonchev–Trinajstić information content (AvgIpc) is 2.74. The number of hydrogen-bond donors (Lipinski definition) is 3. The first-order valence-electron chi connectivity index (χ1n) is 10.3. The van der Waals surface area contributed by atoms with Crippen molar-refractivity contribution >= 4 is 43.5 Å². The summed E-state index contributed by atoms with van der Waals surface area (Å²) >= 11 is 3.31. The van der Waals surface area contributed by atoms with Gasteiger partial charge in [-0.15, -0.1) is 0 Å². The van der Waals surface area contributed by atoms with Gasteiger partial charge < -0.3 is 10.6 Å². The molecule has 2 amide bonds. The molecule has 2 aromatic carbocycles. The summed E-state index contributed by atoms with van der Waals surface area (Å²) in [5.74, 6) is -1.47. The maximum absolute atomic E-state index is 12.5. The molecule has 0 unspecified atom stereocenters. The lowest BCUT2D eigenvalue weighted by atomic mass is 9.96. The van der Waals surface area contributed by atoms with Crippen molar-refractivity contribution < 1.29 is 18.0 Å². The molecule has 1 aliphatic rings. The van der Waals surface area contributed by atoms with Crippen molar-refractivity contribution in [2.24, 2.45) is 0 Å². The van der Waals surface area contributed by atoms with E-state index in [1.165, 1.54) is 0 Å². The number of amides is 2. The lowest BCUT2D eigenvalue weighted by Crippen LogP contribution is -2.36. The molecule has 31 heavy (non-hydrogen) atoms. The predicted molar refractivity (Wildman–Crippen MR) is 123 cm³/mol. The van der Waals surface area contributed by atoms with Crippen molar-refractivity contribution in [2.45, 2.75) is 49.5 Å². The molecule has 3 N–H and O–H groups in total. The molecule has 0 spiro atoms. The summed E-state index contributed by atoms with van der Waals surface area (Å²) in [6.07, 6.45) is 5.51. The van der Waals surface area contributed by atoms with Crippen LogP contribution in [0.25, 0.3) is 0 Å². The average molecular weight is 508 g/mol. The van der Waals surface area contributed by atoms with Gasteiger partial charge in [0.15, 0.2) is 0 Å². The zero-order valence-corrected chi connectivity index (χ0v) is 19.5. The van der Waals surface area contributed by atoms with Crippen molar-refractivity contribution in [3.8, 4) is 0 Å². The molecule has 9 heteroatoms. The fraction of sp³-hybridized carbons (Fsp3) is 0.364. The summed E-state index contributed by atoms with van der Waals surface area (Å²) in [6.45, 7) is 0.261. The van der Waals surface area contributed by atoms with E-state index in [9.17, 15) is 18.0 Å². The second-order valence-corrected chi connectivity index (χ2v) is 10.2. The normalized spacial score (nSPS) is 14.7. The molecule has 0 heterocycles. The molecule has 1 aliphatic carbocycles. The number of anilines is 1. The molecule has 1 fully saturated rings. The number of sulfonamides is 1. The van der Waals surface area contributed by atoms with Crippen LogP contribution in [-0.4, -0.2) is 32.8 Å². The van der Waals surface area contributed by atoms with E-state index in [-0.39, 0.29) is 17.5 Å². The minimum atomic E-state index is -3.53. The van der Waals surface area contributed by atoms with Crippen LogP contribution in [0.15, 0.2) is 57.9 Å². The Hall–Kier alpha value is -2.23. The number of benzene rings is 2. The van der Waals surface area contributed by atoms with Gasteiger partial charge >= 0.3 is 11.8 Å². The number of nitrogens with one attached hydrogen (secondary N) is 3. The third-order valence-electron chi connectivity index (χ3n) is 5.15. The highest BCUT2D eigenvalue weighted by Gasteiger charge is 2.21. The van der Waals surface area contributed by atoms with Crippen LogP contribution in [-0.2, 0) is 26.0 Å². The van der Waals surface area contributed by atoms with Crippen molar-refractivity contribution in [3.63, 3.8) is 0 Å². The maximum atomic E-state index is 12.5. The fourth-order valence-electron chi connectivity index (χ4n) is 3.50. The number of rotatable bonds is 7. The van der Waals surface area contributed by atoms with E-state index in [1.54, 1.807) is 42.5 Å². The molecule has 0 bridgehead atoms. The summed E-state index contributed by atoms with van der Waals surface area (Å²) in [4.78, 5) is 24.2. The first-order valence-corrected chi connectivity index (χ1v) is 12.6. The summed E-state index contributed by atoms with van der Waals surface area (Å²) < 4.78 is 28.7. The van der Waals surface area contributed by atoms with Crippen molar-refractivity contribution in [1.82, 2.24) is 10.0 Å². The quantitative estimate of drug-likeness (QED) is 0.499. The number of hydrogen-bond acceptors (Lipinski definition) is 4. The Bertz CT molecular complexity index is 1020. The Morgan fingerprint density at radius 1 is 0.968 bits per heavy atom. The molecule has 0 radical (unpaired) electrons. The van der Waals surface area contributed by atoms with Gasteiger partial charge in [-0.3, -0.25) is 9.59 Å². The Labute approximate surface area is 191 Å². The highest BCUT2D eigenvalue weighted by atomic mass is 79.9. The second-order valence-electron chi connectivity index (χ2n) is 7.57. The SMILES string of the molecule is O=C(NCCc1ccc(S(=O)(=O)NC2CCCCC2)cc1)C(=O)Nc1cccc(Br)c1. The summed E-state index contributed by atoms with van der Waals surface area (Å²) in [6, 6.07) is 13.6. The van der Waals surface area contributed by atoms with E-state index in [4.69, 9.17) is 0 Å². The van der Waals surface area contributed by atoms with Crippen LogP contribution in [0.4, 0.5) is 5.69 Å². The molecule has 0 aliphatic heterocycles. The largest absolute Gasteiger partial charge is 0.347 e. The molecule has 166 valence electrons. The Balaban J connectivity index is 1.46. The lowest BCUT2D eigenvalue weighted by molar-refractivity contribution is -0.136. The van der Waals surface area contributed by atoms with Crippen molar-refractivity contribution in [2.75, 3.05) is 11.9 Å². The van der Waals surface area contributed by atoms with Crippen molar-refractivity contribution in [1.29, 1.82) is 0 Å². The Kier molecular flexibility index (Phi) is 8.22. The zero-order chi connectivity index (χ0) is 22.3. The van der Waals surface area contributed by atoms with Gasteiger partial charge in [0, 0.05) is 22.7 Å². The molecular weight excluding hydrogens is 482 g/mol. The van der Waals surface area contributed by atoms with Crippen LogP contribution in [0.2, 0.25) is 0 Å². The monoisotopic (exact) mass is 507 g/mol. The molecule has 0 saturated heterocycles. The van der Waals surface area contributed by atoms with Gasteiger partial charge in [-0.2, -0.15) is 0 Å². The third-order valence-corrected chi connectivity index (χ3v) is 7.18. The predicted octanol–water partition coefficient (Wildman–Crippen LogP) is 3.36. The smallest absolute Gasteiger partial charge is 0.313 e. The number of carbonyl (C=O) groups is 2. The molecule has 3 rings (SSSR count). The number of carbonyl (C=O) groups excluding carboxylic acids is 2. The molecule has 7 nitrogen and oxygen atoms in total. The fourth-order valence-corrected chi connectivity index (χ4v) is 5.20. The van der Waals surface area contributed by atoms with Gasteiger partial charge in [-0.25, -0.2) is 13.1 Å². The van der Waals surface area contributed by atoms with Crippen LogP contribution in [0.1, 0.15) is 37.7 Å². The Morgan fingerprint density at radius 3 is 2.35 bits per heavy atom. The van der Waals surface area contributed by atoms with Crippen LogP contribution in [0.5, 0.6) is 0 Å². The lowest BCUT2D eigenvalue weighted by Gasteiger charge is -2.22. The molecule has 0 atom stereocenters. The van der Waals surface area contributed by atoms with Gasteiger partial charge in [0.2, 0.25) is 10.0 Å². The van der Waals surface area contributed by atoms with Gasteiger partial charge in [0.25, 0.3) is 0 Å². The highest BCUT2D eigenvalue weighted by Crippen LogP contribution is 2.20. The summed E-state index contributed by atoms with van der Waals surface area (Å²) in [5.41, 5.74) is 1.39. The Morgan fingerprint density at radius 2 is 1.68 bits per heavy atom. The molecular formula is C22H26BrN3O4S. The molecule has 2 aromatic rings. The zero-order valence-electron chi connectivity index (χ0n) is 17.1. The highest BCUT2D eigenvalue weighted by molar-refractivity contribution is 9.10. The van der Waals surface area contributed by atoms with Gasteiger partial charge in [0.05, 0.1) is 4.90 Å². The third kappa shape index (κ3) is 7.15. The van der Waals surface area contributed by atoms with Crippen LogP contribution in [0.3, 0.4) is 0 Å². The van der Waals surface area contributed by atoms with Gasteiger partial charge in [-0.05, 0) is 55.2 Å². The maximum Gasteiger partial charge on any atom is 0.313 e. The summed E-state index contributed by atoms with van der Waals surface area (Å²) in [5, 5.41) is 5.11. The number of halogens is 1. The first kappa shape index (κ1) is 23.4. The van der Waals surface area contributed by atoms with Crippen LogP contribution >= 0.6 is 15.9 Å². The second kappa shape index (κ2) is 10.9.